The second-order valence-electron chi connectivity index (χ2n) is 10.7. The summed E-state index contributed by atoms with van der Waals surface area (Å²) in [6.07, 6.45) is 4.99. The van der Waals surface area contributed by atoms with E-state index in [9.17, 15) is 14.4 Å². The Morgan fingerprint density at radius 3 is 1.96 bits per heavy atom. The Hall–Kier alpha value is -5.15. The number of methoxy groups -OCH3 is 1. The molecule has 2 amide bonds. The molecule has 4 rings (SSSR count). The summed E-state index contributed by atoms with van der Waals surface area (Å²) in [5.74, 6) is -0.465. The van der Waals surface area contributed by atoms with E-state index in [1.54, 1.807) is 6.08 Å². The Kier molecular flexibility index (Phi) is 12.3. The fraction of sp³-hybridized carbons (Fsp3) is 0.270. The number of nitrogens with two attached hydrogens (primary N) is 1. The lowest BCUT2D eigenvalue weighted by atomic mass is 9.92. The molecule has 0 bridgehead atoms. The smallest absolute Gasteiger partial charge is 0.328 e. The van der Waals surface area contributed by atoms with Crippen molar-refractivity contribution >= 4 is 39.3 Å². The van der Waals surface area contributed by atoms with Crippen molar-refractivity contribution in [1.29, 1.82) is 0 Å². The number of amides is 2. The summed E-state index contributed by atoms with van der Waals surface area (Å²) in [5, 5.41) is 9.36. The molecule has 0 heterocycles. The number of esters is 1. The molecule has 2 atom stereocenters. The molecule has 46 heavy (non-hydrogen) atoms. The minimum absolute atomic E-state index is 0.183. The highest BCUT2D eigenvalue weighted by Gasteiger charge is 2.27. The number of unbranched alkanes of at least 4 members (excludes halogenated alkanes) is 1. The van der Waals surface area contributed by atoms with E-state index >= 15 is 0 Å². The van der Waals surface area contributed by atoms with E-state index in [1.165, 1.54) is 13.2 Å². The zero-order valence-electron chi connectivity index (χ0n) is 26.1. The van der Waals surface area contributed by atoms with Crippen LogP contribution in [0.4, 0.5) is 0 Å². The predicted molar refractivity (Wildman–Crippen MR) is 182 cm³/mol. The molecule has 0 spiro atoms. The molecule has 9 heteroatoms. The monoisotopic (exact) mass is 623 g/mol. The first kappa shape index (κ1) is 33.7. The van der Waals surface area contributed by atoms with Crippen molar-refractivity contribution in [2.75, 3.05) is 26.9 Å². The van der Waals surface area contributed by atoms with Crippen LogP contribution < -0.4 is 25.8 Å². The zero-order valence-corrected chi connectivity index (χ0v) is 26.1. The van der Waals surface area contributed by atoms with Crippen LogP contribution in [0.1, 0.15) is 25.7 Å². The number of rotatable bonds is 17. The standard InChI is InChI=1S/C37H41N3O6/c1-4-12-30(37(43)44-3)40-36(42)29(17-10-11-22-38)39-33(41)24-46-32-21-19-26-14-7-9-16-28(26)35(32)34-27-15-8-6-13-25(27)18-20-31(34)45-23-5-2/h4-9,13-16,18-21,29-30H,1-2,10-12,17,22-24,38H2,3H3,(H,39,41)(H,40,42)/t29-,30+/m1/s1. The Morgan fingerprint density at radius 1 is 0.783 bits per heavy atom. The summed E-state index contributed by atoms with van der Waals surface area (Å²) in [7, 11) is 1.25. The minimum Gasteiger partial charge on any atom is -0.489 e. The molecule has 0 saturated heterocycles. The minimum atomic E-state index is -0.918. The van der Waals surface area contributed by atoms with Crippen molar-refractivity contribution in [1.82, 2.24) is 10.6 Å². The lowest BCUT2D eigenvalue weighted by Crippen LogP contribution is -2.52. The van der Waals surface area contributed by atoms with Gasteiger partial charge in [0.15, 0.2) is 6.61 Å². The summed E-state index contributed by atoms with van der Waals surface area (Å²) in [4.78, 5) is 38.7. The van der Waals surface area contributed by atoms with E-state index < -0.39 is 29.9 Å². The first-order valence-electron chi connectivity index (χ1n) is 15.3. The molecule has 0 saturated carbocycles. The van der Waals surface area contributed by atoms with E-state index in [1.807, 2.05) is 72.8 Å². The number of hydrogen-bond donors (Lipinski definition) is 3. The first-order valence-corrected chi connectivity index (χ1v) is 15.3. The summed E-state index contributed by atoms with van der Waals surface area (Å²) < 4.78 is 17.2. The van der Waals surface area contributed by atoms with Gasteiger partial charge in [0.25, 0.3) is 5.91 Å². The molecule has 0 aromatic heterocycles. The third kappa shape index (κ3) is 8.31. The van der Waals surface area contributed by atoms with Crippen LogP contribution in [0.3, 0.4) is 0 Å². The maximum Gasteiger partial charge on any atom is 0.328 e. The fourth-order valence-corrected chi connectivity index (χ4v) is 5.34. The Bertz CT molecular complexity index is 1700. The van der Waals surface area contributed by atoms with Crippen LogP contribution in [0.5, 0.6) is 11.5 Å². The average molecular weight is 624 g/mol. The van der Waals surface area contributed by atoms with Crippen molar-refractivity contribution in [3.05, 3.63) is 98.1 Å². The van der Waals surface area contributed by atoms with Crippen LogP contribution in [0.15, 0.2) is 98.1 Å². The molecule has 0 aliphatic rings. The van der Waals surface area contributed by atoms with Gasteiger partial charge in [-0.15, -0.1) is 6.58 Å². The van der Waals surface area contributed by atoms with Gasteiger partial charge < -0.3 is 30.6 Å². The van der Waals surface area contributed by atoms with E-state index in [2.05, 4.69) is 23.8 Å². The topological polar surface area (TPSA) is 129 Å². The Morgan fingerprint density at radius 2 is 1.39 bits per heavy atom. The number of hydrogen-bond acceptors (Lipinski definition) is 7. The Balaban J connectivity index is 1.65. The molecule has 0 fully saturated rings. The second kappa shape index (κ2) is 16.8. The van der Waals surface area contributed by atoms with Gasteiger partial charge in [-0.1, -0.05) is 79.4 Å². The molecule has 240 valence electrons. The van der Waals surface area contributed by atoms with Gasteiger partial charge in [0.05, 0.1) is 7.11 Å². The third-order valence-corrected chi connectivity index (χ3v) is 7.55. The van der Waals surface area contributed by atoms with Crippen molar-refractivity contribution < 1.29 is 28.6 Å². The first-order chi connectivity index (χ1) is 22.4. The van der Waals surface area contributed by atoms with E-state index in [0.29, 0.717) is 43.9 Å². The zero-order chi connectivity index (χ0) is 32.9. The SMILES string of the molecule is C=CCOc1ccc2ccccc2c1-c1c(OCC(=O)N[C@H](CCCCN)C(=O)N[C@@H](CC=C)C(=O)OC)ccc2ccccc12. The van der Waals surface area contributed by atoms with E-state index in [0.717, 1.165) is 32.7 Å². The molecule has 4 aromatic carbocycles. The molecule has 0 aliphatic heterocycles. The molecule has 4 N–H and O–H groups in total. The van der Waals surface area contributed by atoms with Crippen LogP contribution in [0, 0.1) is 0 Å². The summed E-state index contributed by atoms with van der Waals surface area (Å²) in [5.41, 5.74) is 7.28. The quantitative estimate of drug-likeness (QED) is 0.0810. The highest BCUT2D eigenvalue weighted by molar-refractivity contribution is 6.09. The van der Waals surface area contributed by atoms with Gasteiger partial charge in [-0.25, -0.2) is 4.79 Å². The molecular weight excluding hydrogens is 582 g/mol. The van der Waals surface area contributed by atoms with Crippen LogP contribution in [0.2, 0.25) is 0 Å². The molecule has 9 nitrogen and oxygen atoms in total. The summed E-state index contributed by atoms with van der Waals surface area (Å²) in [6.45, 7) is 7.85. The Labute approximate surface area is 269 Å². The van der Waals surface area contributed by atoms with Crippen LogP contribution in [0.25, 0.3) is 32.7 Å². The van der Waals surface area contributed by atoms with Gasteiger partial charge in [-0.2, -0.15) is 0 Å². The highest BCUT2D eigenvalue weighted by atomic mass is 16.5. The molecule has 0 unspecified atom stereocenters. The van der Waals surface area contributed by atoms with E-state index in [4.69, 9.17) is 19.9 Å². The van der Waals surface area contributed by atoms with Crippen molar-refractivity contribution in [2.45, 2.75) is 37.8 Å². The van der Waals surface area contributed by atoms with Crippen molar-refractivity contribution in [3.63, 3.8) is 0 Å². The highest BCUT2D eigenvalue weighted by Crippen LogP contribution is 2.45. The molecule has 4 aromatic rings. The number of benzene rings is 4. The van der Waals surface area contributed by atoms with Gasteiger partial charge >= 0.3 is 5.97 Å². The average Bonchev–Trinajstić information content (AvgIpc) is 3.08. The molecule has 0 radical (unpaired) electrons. The number of carbonyl (C=O) groups excluding carboxylic acids is 3. The molecule has 0 aliphatic carbocycles. The lowest BCUT2D eigenvalue weighted by Gasteiger charge is -2.22. The van der Waals surface area contributed by atoms with Crippen molar-refractivity contribution in [3.8, 4) is 22.6 Å². The van der Waals surface area contributed by atoms with Gasteiger partial charge in [0.2, 0.25) is 5.91 Å². The second-order valence-corrected chi connectivity index (χ2v) is 10.7. The van der Waals surface area contributed by atoms with E-state index in [-0.39, 0.29) is 13.0 Å². The van der Waals surface area contributed by atoms with Gasteiger partial charge in [-0.05, 0) is 65.9 Å². The maximum atomic E-state index is 13.3. The number of ether oxygens (including phenoxy) is 3. The summed E-state index contributed by atoms with van der Waals surface area (Å²) >= 11 is 0. The molecular formula is C37H41N3O6. The summed E-state index contributed by atoms with van der Waals surface area (Å²) in [6, 6.07) is 21.8. The third-order valence-electron chi connectivity index (χ3n) is 7.55. The van der Waals surface area contributed by atoms with Gasteiger partial charge in [0.1, 0.15) is 30.2 Å². The fourth-order valence-electron chi connectivity index (χ4n) is 5.34. The largest absolute Gasteiger partial charge is 0.489 e. The number of fused-ring (bicyclic) bond motifs is 2. The van der Waals surface area contributed by atoms with Gasteiger partial charge in [0, 0.05) is 11.1 Å². The number of carbonyl (C=O) groups is 3. The lowest BCUT2D eigenvalue weighted by molar-refractivity contribution is -0.145. The number of nitrogens with one attached hydrogen (secondary N) is 2. The van der Waals surface area contributed by atoms with Crippen LogP contribution >= 0.6 is 0 Å². The van der Waals surface area contributed by atoms with Crippen LogP contribution in [-0.2, 0) is 19.1 Å². The maximum absolute atomic E-state index is 13.3. The normalized spacial score (nSPS) is 12.1. The predicted octanol–water partition coefficient (Wildman–Crippen LogP) is 5.45. The van der Waals surface area contributed by atoms with Crippen molar-refractivity contribution in [2.24, 2.45) is 5.73 Å². The van der Waals surface area contributed by atoms with Gasteiger partial charge in [-0.3, -0.25) is 9.59 Å². The van der Waals surface area contributed by atoms with Crippen LogP contribution in [-0.4, -0.2) is 56.7 Å².